The van der Waals surface area contributed by atoms with Gasteiger partial charge in [-0.1, -0.05) is 0 Å². The quantitative estimate of drug-likeness (QED) is 0.669. The van der Waals surface area contributed by atoms with E-state index < -0.39 is 49.5 Å². The van der Waals surface area contributed by atoms with Crippen LogP contribution in [0.1, 0.15) is 32.6 Å². The highest BCUT2D eigenvalue weighted by atomic mass is 32.2. The summed E-state index contributed by atoms with van der Waals surface area (Å²) in [4.78, 5) is 25.5. The maximum absolute atomic E-state index is 13.8. The zero-order valence-corrected chi connectivity index (χ0v) is 17.9. The second-order valence-electron chi connectivity index (χ2n) is 6.92. The van der Waals surface area contributed by atoms with Gasteiger partial charge in [-0.25, -0.2) is 17.9 Å². The number of carbonyl (C=O) groups is 2. The van der Waals surface area contributed by atoms with Crippen LogP contribution in [0.3, 0.4) is 0 Å². The highest BCUT2D eigenvalue weighted by Crippen LogP contribution is 2.40. The predicted molar refractivity (Wildman–Crippen MR) is 100 cm³/mol. The topological polar surface area (TPSA) is 98.6 Å². The smallest absolute Gasteiger partial charge is 0.391 e. The molecule has 30 heavy (non-hydrogen) atoms. The molecule has 2 rings (SSSR count). The van der Waals surface area contributed by atoms with Crippen LogP contribution in [0.4, 0.5) is 18.0 Å². The van der Waals surface area contributed by atoms with Gasteiger partial charge in [0.1, 0.15) is 5.56 Å². The van der Waals surface area contributed by atoms with E-state index >= 15 is 0 Å². The van der Waals surface area contributed by atoms with Crippen molar-refractivity contribution in [1.29, 1.82) is 0 Å². The predicted octanol–water partition coefficient (Wildman–Crippen LogP) is 2.75. The Morgan fingerprint density at radius 1 is 1.17 bits per heavy atom. The second kappa shape index (κ2) is 7.74. The molecule has 2 aromatic rings. The van der Waals surface area contributed by atoms with Crippen molar-refractivity contribution in [2.45, 2.75) is 24.9 Å². The first-order valence-electron chi connectivity index (χ1n) is 8.44. The molecule has 0 saturated heterocycles. The summed E-state index contributed by atoms with van der Waals surface area (Å²) < 4.78 is 71.7. The monoisotopic (exact) mass is 447 g/mol. The van der Waals surface area contributed by atoms with E-state index in [0.717, 1.165) is 35.0 Å². The Bertz CT molecular complexity index is 1130. The number of nitrogens with zero attached hydrogens (tertiary/aromatic N) is 3. The van der Waals surface area contributed by atoms with Gasteiger partial charge >= 0.3 is 12.3 Å². The molecular formula is C18H20F3N3O5S. The summed E-state index contributed by atoms with van der Waals surface area (Å²) in [5.74, 6) is -1.45. The van der Waals surface area contributed by atoms with Gasteiger partial charge in [-0.3, -0.25) is 4.79 Å². The first-order chi connectivity index (χ1) is 13.6. The van der Waals surface area contributed by atoms with Crippen molar-refractivity contribution < 1.29 is 35.9 Å². The molecule has 0 atom stereocenters. The Labute approximate surface area is 171 Å². The van der Waals surface area contributed by atoms with Crippen LogP contribution in [-0.4, -0.2) is 55.3 Å². The molecule has 8 nitrogen and oxygen atoms in total. The standard InChI is InChI=1S/C18H20F3N3O5S/c1-9-7-11(13(18(19,20)21)10(2)15(9)30(6,27)28)14(25)12-8-22-24(5)16(12)29-17(26)23(3)4/h7-8H,1-6H3. The highest BCUT2D eigenvalue weighted by molar-refractivity contribution is 7.90. The molecule has 1 amide bonds. The second-order valence-corrected chi connectivity index (χ2v) is 8.87. The highest BCUT2D eigenvalue weighted by Gasteiger charge is 2.40. The van der Waals surface area contributed by atoms with Crippen LogP contribution in [0.25, 0.3) is 0 Å². The normalized spacial score (nSPS) is 12.0. The lowest BCUT2D eigenvalue weighted by atomic mass is 9.93. The number of hydrogen-bond donors (Lipinski definition) is 0. The maximum atomic E-state index is 13.8. The van der Waals surface area contributed by atoms with Gasteiger partial charge in [0.2, 0.25) is 11.7 Å². The van der Waals surface area contributed by atoms with Gasteiger partial charge in [0.15, 0.2) is 9.84 Å². The molecule has 1 heterocycles. The number of ketones is 1. The van der Waals surface area contributed by atoms with Crippen molar-refractivity contribution in [2.24, 2.45) is 7.05 Å². The lowest BCUT2D eigenvalue weighted by Crippen LogP contribution is -2.27. The van der Waals surface area contributed by atoms with E-state index in [-0.39, 0.29) is 17.0 Å². The largest absolute Gasteiger partial charge is 0.417 e. The van der Waals surface area contributed by atoms with Gasteiger partial charge in [0.25, 0.3) is 0 Å². The Balaban J connectivity index is 2.78. The summed E-state index contributed by atoms with van der Waals surface area (Å²) in [5, 5.41) is 3.79. The van der Waals surface area contributed by atoms with Crippen molar-refractivity contribution in [3.8, 4) is 5.88 Å². The Morgan fingerprint density at radius 3 is 2.20 bits per heavy atom. The SMILES string of the molecule is Cc1cc(C(=O)c2cnn(C)c2OC(=O)N(C)C)c(C(F)(F)F)c(C)c1S(C)(=O)=O. The molecule has 1 aromatic heterocycles. The molecule has 0 spiro atoms. The lowest BCUT2D eigenvalue weighted by molar-refractivity contribution is -0.138. The van der Waals surface area contributed by atoms with E-state index in [1.54, 1.807) is 0 Å². The molecule has 0 bridgehead atoms. The minimum absolute atomic E-state index is 0.0120. The van der Waals surface area contributed by atoms with E-state index in [4.69, 9.17) is 4.74 Å². The molecule has 0 N–H and O–H groups in total. The first kappa shape index (κ1) is 23.4. The molecule has 0 unspecified atom stereocenters. The Morgan fingerprint density at radius 2 is 1.73 bits per heavy atom. The van der Waals surface area contributed by atoms with Crippen LogP contribution in [0, 0.1) is 13.8 Å². The number of benzene rings is 1. The number of hydrogen-bond acceptors (Lipinski definition) is 6. The number of alkyl halides is 3. The van der Waals surface area contributed by atoms with E-state index in [1.165, 1.54) is 28.1 Å². The number of aromatic nitrogens is 2. The molecule has 0 aliphatic carbocycles. The molecule has 0 radical (unpaired) electrons. The van der Waals surface area contributed by atoms with Crippen molar-refractivity contribution in [2.75, 3.05) is 20.4 Å². The fourth-order valence-electron chi connectivity index (χ4n) is 3.10. The molecule has 1 aromatic carbocycles. The number of aryl methyl sites for hydroxylation is 2. The van der Waals surface area contributed by atoms with E-state index in [1.807, 2.05) is 0 Å². The lowest BCUT2D eigenvalue weighted by Gasteiger charge is -2.19. The molecule has 0 aliphatic rings. The van der Waals surface area contributed by atoms with Crippen LogP contribution in [0.15, 0.2) is 17.2 Å². The van der Waals surface area contributed by atoms with Gasteiger partial charge < -0.3 is 9.64 Å². The fraction of sp³-hybridized carbons (Fsp3) is 0.389. The zero-order valence-electron chi connectivity index (χ0n) is 17.1. The number of sulfone groups is 1. The average molecular weight is 447 g/mol. The summed E-state index contributed by atoms with van der Waals surface area (Å²) in [6.45, 7) is 2.30. The molecule has 0 fully saturated rings. The first-order valence-corrected chi connectivity index (χ1v) is 10.3. The van der Waals surface area contributed by atoms with Crippen molar-refractivity contribution in [3.05, 3.63) is 40.1 Å². The Kier molecular flexibility index (Phi) is 6.04. The average Bonchev–Trinajstić information content (AvgIpc) is 2.91. The minimum Gasteiger partial charge on any atom is -0.391 e. The maximum Gasteiger partial charge on any atom is 0.417 e. The van der Waals surface area contributed by atoms with Crippen molar-refractivity contribution >= 4 is 21.7 Å². The van der Waals surface area contributed by atoms with Gasteiger partial charge in [-0.05, 0) is 31.0 Å². The third-order valence-electron chi connectivity index (χ3n) is 4.28. The number of rotatable bonds is 4. The van der Waals surface area contributed by atoms with Gasteiger partial charge in [0, 0.05) is 33.0 Å². The molecule has 0 saturated carbocycles. The number of halogens is 3. The van der Waals surface area contributed by atoms with E-state index in [2.05, 4.69) is 5.10 Å². The van der Waals surface area contributed by atoms with Crippen LogP contribution in [-0.2, 0) is 23.1 Å². The third kappa shape index (κ3) is 4.32. The molecule has 164 valence electrons. The van der Waals surface area contributed by atoms with Crippen molar-refractivity contribution in [3.63, 3.8) is 0 Å². The zero-order chi connectivity index (χ0) is 23.2. The number of carbonyl (C=O) groups excluding carboxylic acids is 2. The number of amides is 1. The fourth-order valence-corrected chi connectivity index (χ4v) is 4.40. The van der Waals surface area contributed by atoms with Crippen LogP contribution in [0.5, 0.6) is 5.88 Å². The third-order valence-corrected chi connectivity index (χ3v) is 5.65. The van der Waals surface area contributed by atoms with Crippen LogP contribution >= 0.6 is 0 Å². The summed E-state index contributed by atoms with van der Waals surface area (Å²) >= 11 is 0. The van der Waals surface area contributed by atoms with E-state index in [9.17, 15) is 31.2 Å². The summed E-state index contributed by atoms with van der Waals surface area (Å²) in [6.07, 6.45) is -4.09. The van der Waals surface area contributed by atoms with E-state index in [0.29, 0.717) is 0 Å². The van der Waals surface area contributed by atoms with Crippen LogP contribution < -0.4 is 4.74 Å². The van der Waals surface area contributed by atoms with Gasteiger partial charge in [-0.2, -0.15) is 18.3 Å². The van der Waals surface area contributed by atoms with Crippen molar-refractivity contribution in [1.82, 2.24) is 14.7 Å². The minimum atomic E-state index is -5.01. The molecule has 0 aliphatic heterocycles. The molecular weight excluding hydrogens is 427 g/mol. The Hall–Kier alpha value is -2.89. The van der Waals surface area contributed by atoms with Gasteiger partial charge in [-0.15, -0.1) is 0 Å². The summed E-state index contributed by atoms with van der Waals surface area (Å²) in [7, 11) is 0.139. The molecule has 12 heteroatoms. The van der Waals surface area contributed by atoms with Crippen LogP contribution in [0.2, 0.25) is 0 Å². The summed E-state index contributed by atoms with van der Waals surface area (Å²) in [5.41, 5.74) is -3.09. The number of ether oxygens (including phenoxy) is 1. The van der Waals surface area contributed by atoms with Gasteiger partial charge in [0.05, 0.1) is 16.7 Å². The summed E-state index contributed by atoms with van der Waals surface area (Å²) in [6, 6.07) is 0.874.